The van der Waals surface area contributed by atoms with E-state index in [1.165, 1.54) is 56.7 Å². The number of likely N-dealkylation sites (tertiary alicyclic amines) is 1. The lowest BCUT2D eigenvalue weighted by molar-refractivity contribution is 0.0861. The molecular formula is C18H30N4O. The predicted octanol–water partition coefficient (Wildman–Crippen LogP) is 1.84. The molecule has 0 unspecified atom stereocenters. The zero-order valence-corrected chi connectivity index (χ0v) is 14.4. The first-order chi connectivity index (χ1) is 11.3. The van der Waals surface area contributed by atoms with Gasteiger partial charge in [-0.05, 0) is 44.7 Å². The van der Waals surface area contributed by atoms with Crippen LogP contribution in [0.25, 0.3) is 0 Å². The monoisotopic (exact) mass is 318 g/mol. The molecule has 0 bridgehead atoms. The average Bonchev–Trinajstić information content (AvgIpc) is 3.07. The first-order valence-electron chi connectivity index (χ1n) is 9.32. The highest BCUT2D eigenvalue weighted by atomic mass is 16.5. The van der Waals surface area contributed by atoms with Crippen LogP contribution < -0.4 is 0 Å². The summed E-state index contributed by atoms with van der Waals surface area (Å²) < 4.78 is 8.23. The van der Waals surface area contributed by atoms with Gasteiger partial charge in [0.1, 0.15) is 0 Å². The Hall–Kier alpha value is -0.910. The molecule has 1 aliphatic carbocycles. The zero-order valence-electron chi connectivity index (χ0n) is 14.4. The normalized spacial score (nSPS) is 25.9. The van der Waals surface area contributed by atoms with Crippen molar-refractivity contribution in [2.24, 2.45) is 13.0 Å². The maximum Gasteiger partial charge on any atom is 0.0949 e. The molecule has 1 aromatic heterocycles. The van der Waals surface area contributed by atoms with Crippen molar-refractivity contribution in [2.45, 2.75) is 38.1 Å². The summed E-state index contributed by atoms with van der Waals surface area (Å²) in [6.45, 7) is 8.87. The molecule has 1 atom stereocenters. The first kappa shape index (κ1) is 15.6. The van der Waals surface area contributed by atoms with E-state index in [4.69, 9.17) is 4.74 Å². The highest BCUT2D eigenvalue weighted by Gasteiger charge is 2.30. The van der Waals surface area contributed by atoms with Crippen LogP contribution in [0.2, 0.25) is 0 Å². The molecule has 3 aliphatic rings. The molecule has 0 amide bonds. The van der Waals surface area contributed by atoms with Crippen LogP contribution in [0.1, 0.15) is 43.0 Å². The maximum absolute atomic E-state index is 6.03. The van der Waals surface area contributed by atoms with Crippen molar-refractivity contribution in [1.82, 2.24) is 19.4 Å². The molecule has 5 nitrogen and oxygen atoms in total. The SMILES string of the molecule is Cn1cnc2c1[C@@H](COCC1CC1)CN(CCN1CCCC1)C2. The van der Waals surface area contributed by atoms with E-state index in [1.54, 1.807) is 0 Å². The summed E-state index contributed by atoms with van der Waals surface area (Å²) in [5.41, 5.74) is 2.67. The number of nitrogens with zero attached hydrogens (tertiary/aromatic N) is 4. The first-order valence-corrected chi connectivity index (χ1v) is 9.32. The van der Waals surface area contributed by atoms with Gasteiger partial charge in [0, 0.05) is 51.4 Å². The Balaban J connectivity index is 1.36. The second-order valence-corrected chi connectivity index (χ2v) is 7.65. The standard InChI is InChI=1S/C18H30N4O/c1-20-14-19-17-11-22(9-8-21-6-2-3-7-21)10-16(18(17)20)13-23-12-15-4-5-15/h14-16H,2-13H2,1H3/t16-/m1/s1. The van der Waals surface area contributed by atoms with Gasteiger partial charge in [0.25, 0.3) is 0 Å². The van der Waals surface area contributed by atoms with Crippen LogP contribution in [0.5, 0.6) is 0 Å². The number of aromatic nitrogens is 2. The summed E-state index contributed by atoms with van der Waals surface area (Å²) in [6, 6.07) is 0. The van der Waals surface area contributed by atoms with E-state index in [0.717, 1.165) is 38.8 Å². The average molecular weight is 318 g/mol. The topological polar surface area (TPSA) is 33.5 Å². The molecule has 2 aliphatic heterocycles. The number of hydrogen-bond donors (Lipinski definition) is 0. The Bertz CT molecular complexity index is 519. The molecular weight excluding hydrogens is 288 g/mol. The molecule has 23 heavy (non-hydrogen) atoms. The van der Waals surface area contributed by atoms with E-state index in [2.05, 4.69) is 26.4 Å². The third-order valence-corrected chi connectivity index (χ3v) is 5.60. The van der Waals surface area contributed by atoms with E-state index in [0.29, 0.717) is 5.92 Å². The van der Waals surface area contributed by atoms with E-state index >= 15 is 0 Å². The number of imidazole rings is 1. The summed E-state index contributed by atoms with van der Waals surface area (Å²) in [5, 5.41) is 0. The van der Waals surface area contributed by atoms with Crippen molar-refractivity contribution in [1.29, 1.82) is 0 Å². The van der Waals surface area contributed by atoms with E-state index in [-0.39, 0.29) is 0 Å². The molecule has 3 heterocycles. The minimum atomic E-state index is 0.476. The van der Waals surface area contributed by atoms with Gasteiger partial charge < -0.3 is 14.2 Å². The summed E-state index contributed by atoms with van der Waals surface area (Å²) in [4.78, 5) is 9.83. The molecule has 1 aromatic rings. The molecule has 1 saturated carbocycles. The Morgan fingerprint density at radius 2 is 1.91 bits per heavy atom. The highest BCUT2D eigenvalue weighted by molar-refractivity contribution is 5.21. The molecule has 1 saturated heterocycles. The van der Waals surface area contributed by atoms with Crippen molar-refractivity contribution in [3.05, 3.63) is 17.7 Å². The second-order valence-electron chi connectivity index (χ2n) is 7.65. The van der Waals surface area contributed by atoms with E-state index < -0.39 is 0 Å². The lowest BCUT2D eigenvalue weighted by Gasteiger charge is -2.33. The fraction of sp³-hybridized carbons (Fsp3) is 0.833. The summed E-state index contributed by atoms with van der Waals surface area (Å²) in [6.07, 6.45) is 7.46. The van der Waals surface area contributed by atoms with Gasteiger partial charge in [0.05, 0.1) is 18.6 Å². The van der Waals surface area contributed by atoms with Gasteiger partial charge in [0.15, 0.2) is 0 Å². The molecule has 5 heteroatoms. The number of ether oxygens (including phenoxy) is 1. The van der Waals surface area contributed by atoms with Crippen LogP contribution in [0, 0.1) is 5.92 Å². The smallest absolute Gasteiger partial charge is 0.0949 e. The maximum atomic E-state index is 6.03. The van der Waals surface area contributed by atoms with Crippen LogP contribution in [0.4, 0.5) is 0 Å². The molecule has 0 spiro atoms. The van der Waals surface area contributed by atoms with Crippen LogP contribution in [-0.2, 0) is 18.3 Å². The summed E-state index contributed by atoms with van der Waals surface area (Å²) in [7, 11) is 2.12. The highest BCUT2D eigenvalue weighted by Crippen LogP contribution is 2.31. The number of aryl methyl sites for hydroxylation is 1. The van der Waals surface area contributed by atoms with Crippen molar-refractivity contribution in [2.75, 3.05) is 45.9 Å². The lowest BCUT2D eigenvalue weighted by Crippen LogP contribution is -2.40. The third kappa shape index (κ3) is 3.78. The van der Waals surface area contributed by atoms with Crippen molar-refractivity contribution in [3.8, 4) is 0 Å². The molecule has 0 N–H and O–H groups in total. The minimum Gasteiger partial charge on any atom is -0.380 e. The van der Waals surface area contributed by atoms with Crippen molar-refractivity contribution >= 4 is 0 Å². The molecule has 128 valence electrons. The quantitative estimate of drug-likeness (QED) is 0.768. The van der Waals surface area contributed by atoms with Gasteiger partial charge in [-0.3, -0.25) is 4.90 Å². The van der Waals surface area contributed by atoms with E-state index in [1.807, 2.05) is 6.33 Å². The summed E-state index contributed by atoms with van der Waals surface area (Å²) >= 11 is 0. The van der Waals surface area contributed by atoms with Crippen molar-refractivity contribution < 1.29 is 4.74 Å². The Morgan fingerprint density at radius 1 is 1.13 bits per heavy atom. The van der Waals surface area contributed by atoms with E-state index in [9.17, 15) is 0 Å². The summed E-state index contributed by atoms with van der Waals surface area (Å²) in [5.74, 6) is 1.32. The minimum absolute atomic E-state index is 0.476. The second kappa shape index (κ2) is 6.91. The lowest BCUT2D eigenvalue weighted by atomic mass is 9.99. The van der Waals surface area contributed by atoms with Gasteiger partial charge in [0.2, 0.25) is 0 Å². The van der Waals surface area contributed by atoms with Crippen LogP contribution in [0.15, 0.2) is 6.33 Å². The molecule has 0 aromatic carbocycles. The number of hydrogen-bond acceptors (Lipinski definition) is 4. The largest absolute Gasteiger partial charge is 0.380 e. The van der Waals surface area contributed by atoms with Crippen LogP contribution in [0.3, 0.4) is 0 Å². The van der Waals surface area contributed by atoms with Crippen molar-refractivity contribution in [3.63, 3.8) is 0 Å². The predicted molar refractivity (Wildman–Crippen MR) is 90.4 cm³/mol. The Morgan fingerprint density at radius 3 is 2.70 bits per heavy atom. The van der Waals surface area contributed by atoms with Crippen LogP contribution >= 0.6 is 0 Å². The third-order valence-electron chi connectivity index (χ3n) is 5.60. The Labute approximate surface area is 139 Å². The molecule has 2 fully saturated rings. The fourth-order valence-corrected chi connectivity index (χ4v) is 4.06. The van der Waals surface area contributed by atoms with Crippen LogP contribution in [-0.4, -0.2) is 65.3 Å². The number of rotatable bonds is 7. The molecule has 4 rings (SSSR count). The van der Waals surface area contributed by atoms with Gasteiger partial charge in [-0.25, -0.2) is 4.98 Å². The zero-order chi connectivity index (χ0) is 15.6. The van der Waals surface area contributed by atoms with Gasteiger partial charge in [-0.1, -0.05) is 0 Å². The van der Waals surface area contributed by atoms with Gasteiger partial charge in [-0.15, -0.1) is 0 Å². The van der Waals surface area contributed by atoms with Gasteiger partial charge >= 0.3 is 0 Å². The fourth-order valence-electron chi connectivity index (χ4n) is 4.06. The van der Waals surface area contributed by atoms with Gasteiger partial charge in [-0.2, -0.15) is 0 Å². The Kier molecular flexibility index (Phi) is 4.69. The number of fused-ring (bicyclic) bond motifs is 1. The molecule has 0 radical (unpaired) electrons.